The van der Waals surface area contributed by atoms with Crippen molar-refractivity contribution in [3.8, 4) is 0 Å². The molecule has 2 amide bonds. The van der Waals surface area contributed by atoms with Gasteiger partial charge in [-0.15, -0.1) is 0 Å². The SMILES string of the molecule is CC(=O)N1CC[C@](C)(n2cc(C(=O)N[C@H](C)c3cccc(C(F)F)c3F)c(NC3CCN(C)CC3)cc2=O)C1. The molecular formula is C28H36F3N5O3. The third-order valence-electron chi connectivity index (χ3n) is 7.96. The van der Waals surface area contributed by atoms with E-state index in [4.69, 9.17) is 0 Å². The molecule has 0 bridgehead atoms. The van der Waals surface area contributed by atoms with E-state index in [1.807, 2.05) is 14.0 Å². The molecular weight excluding hydrogens is 511 g/mol. The Labute approximate surface area is 226 Å². The first-order chi connectivity index (χ1) is 18.4. The molecule has 0 aliphatic carbocycles. The number of alkyl halides is 2. The van der Waals surface area contributed by atoms with Gasteiger partial charge in [0, 0.05) is 43.9 Å². The number of likely N-dealkylation sites (tertiary alicyclic amines) is 2. The number of hydrogen-bond acceptors (Lipinski definition) is 5. The van der Waals surface area contributed by atoms with Crippen LogP contribution in [0.25, 0.3) is 0 Å². The average molecular weight is 548 g/mol. The van der Waals surface area contributed by atoms with Crippen LogP contribution in [-0.4, -0.2) is 65.4 Å². The van der Waals surface area contributed by atoms with Gasteiger partial charge in [-0.25, -0.2) is 13.2 Å². The fraction of sp³-hybridized carbons (Fsp3) is 0.536. The molecule has 2 aliphatic rings. The number of piperidine rings is 1. The normalized spacial score (nSPS) is 21.3. The number of benzene rings is 1. The Kier molecular flexibility index (Phi) is 8.39. The summed E-state index contributed by atoms with van der Waals surface area (Å²) in [5.41, 5.74) is -1.25. The molecule has 2 N–H and O–H groups in total. The molecule has 2 aromatic rings. The number of anilines is 1. The van der Waals surface area contributed by atoms with Crippen molar-refractivity contribution in [3.05, 3.63) is 63.3 Å². The van der Waals surface area contributed by atoms with Crippen LogP contribution in [0.2, 0.25) is 0 Å². The highest BCUT2D eigenvalue weighted by atomic mass is 19.3. The minimum absolute atomic E-state index is 0.0517. The molecule has 8 nitrogen and oxygen atoms in total. The number of carbonyl (C=O) groups is 2. The monoisotopic (exact) mass is 547 g/mol. The second kappa shape index (κ2) is 11.4. The van der Waals surface area contributed by atoms with E-state index in [1.54, 1.807) is 4.90 Å². The molecule has 0 spiro atoms. The zero-order valence-corrected chi connectivity index (χ0v) is 22.8. The minimum atomic E-state index is -2.98. The summed E-state index contributed by atoms with van der Waals surface area (Å²) in [7, 11) is 2.03. The molecule has 0 unspecified atom stereocenters. The molecule has 212 valence electrons. The van der Waals surface area contributed by atoms with E-state index in [0.29, 0.717) is 25.2 Å². The summed E-state index contributed by atoms with van der Waals surface area (Å²) in [5, 5.41) is 6.09. The molecule has 39 heavy (non-hydrogen) atoms. The number of carbonyl (C=O) groups excluding carboxylic acids is 2. The lowest BCUT2D eigenvalue weighted by molar-refractivity contribution is -0.128. The van der Waals surface area contributed by atoms with Gasteiger partial charge < -0.3 is 25.0 Å². The van der Waals surface area contributed by atoms with E-state index in [0.717, 1.165) is 32.0 Å². The summed E-state index contributed by atoms with van der Waals surface area (Å²) in [4.78, 5) is 42.8. The Bertz CT molecular complexity index is 1290. The van der Waals surface area contributed by atoms with E-state index in [-0.39, 0.29) is 28.6 Å². The largest absolute Gasteiger partial charge is 0.381 e. The van der Waals surface area contributed by atoms with Gasteiger partial charge in [0.15, 0.2) is 0 Å². The fourth-order valence-corrected chi connectivity index (χ4v) is 5.46. The Morgan fingerprint density at radius 3 is 2.41 bits per heavy atom. The molecule has 0 radical (unpaired) electrons. The van der Waals surface area contributed by atoms with Crippen molar-refractivity contribution < 1.29 is 22.8 Å². The third kappa shape index (κ3) is 6.13. The van der Waals surface area contributed by atoms with Crippen LogP contribution in [0.1, 0.15) is 74.0 Å². The third-order valence-corrected chi connectivity index (χ3v) is 7.96. The first-order valence-corrected chi connectivity index (χ1v) is 13.2. The number of pyridine rings is 1. The number of nitrogens with one attached hydrogen (secondary N) is 2. The van der Waals surface area contributed by atoms with Crippen LogP contribution < -0.4 is 16.2 Å². The van der Waals surface area contributed by atoms with E-state index in [2.05, 4.69) is 15.5 Å². The van der Waals surface area contributed by atoms with Gasteiger partial charge >= 0.3 is 0 Å². The second-order valence-corrected chi connectivity index (χ2v) is 11.0. The molecule has 3 heterocycles. The van der Waals surface area contributed by atoms with E-state index in [1.165, 1.54) is 42.8 Å². The lowest BCUT2D eigenvalue weighted by atomic mass is 9.99. The topological polar surface area (TPSA) is 86.7 Å². The molecule has 1 aromatic carbocycles. The number of aromatic nitrogens is 1. The van der Waals surface area contributed by atoms with E-state index in [9.17, 15) is 27.6 Å². The molecule has 2 fully saturated rings. The maximum Gasteiger partial charge on any atom is 0.266 e. The second-order valence-electron chi connectivity index (χ2n) is 11.0. The lowest BCUT2D eigenvalue weighted by Crippen LogP contribution is -2.43. The van der Waals surface area contributed by atoms with Gasteiger partial charge in [-0.1, -0.05) is 18.2 Å². The molecule has 2 atom stereocenters. The maximum atomic E-state index is 14.8. The van der Waals surface area contributed by atoms with Crippen LogP contribution in [0.5, 0.6) is 0 Å². The van der Waals surface area contributed by atoms with Crippen LogP contribution in [0.15, 0.2) is 35.3 Å². The molecule has 11 heteroatoms. The summed E-state index contributed by atoms with van der Waals surface area (Å²) < 4.78 is 42.8. The first kappa shape index (κ1) is 28.7. The van der Waals surface area contributed by atoms with Crippen LogP contribution in [-0.2, 0) is 10.3 Å². The average Bonchev–Trinajstić information content (AvgIpc) is 3.28. The van der Waals surface area contributed by atoms with Crippen molar-refractivity contribution in [2.24, 2.45) is 0 Å². The number of nitrogens with zero attached hydrogens (tertiary/aromatic N) is 3. The summed E-state index contributed by atoms with van der Waals surface area (Å²) in [5.74, 6) is -1.72. The summed E-state index contributed by atoms with van der Waals surface area (Å²) >= 11 is 0. The van der Waals surface area contributed by atoms with Crippen LogP contribution >= 0.6 is 0 Å². The van der Waals surface area contributed by atoms with Crippen molar-refractivity contribution in [1.29, 1.82) is 0 Å². The Balaban J connectivity index is 1.68. The smallest absolute Gasteiger partial charge is 0.266 e. The van der Waals surface area contributed by atoms with Gasteiger partial charge in [0.2, 0.25) is 5.91 Å². The summed E-state index contributed by atoms with van der Waals surface area (Å²) in [6, 6.07) is 4.25. The molecule has 2 aliphatic heterocycles. The van der Waals surface area contributed by atoms with Gasteiger partial charge in [-0.2, -0.15) is 0 Å². The molecule has 4 rings (SSSR count). The van der Waals surface area contributed by atoms with Gasteiger partial charge in [0.1, 0.15) is 5.82 Å². The van der Waals surface area contributed by atoms with Crippen molar-refractivity contribution in [2.45, 2.75) is 64.1 Å². The van der Waals surface area contributed by atoms with Crippen LogP contribution in [0.4, 0.5) is 18.9 Å². The fourth-order valence-electron chi connectivity index (χ4n) is 5.46. The zero-order chi connectivity index (χ0) is 28.5. The number of hydrogen-bond donors (Lipinski definition) is 2. The predicted octanol–water partition coefficient (Wildman–Crippen LogP) is 3.89. The Hall–Kier alpha value is -3.34. The number of rotatable bonds is 7. The van der Waals surface area contributed by atoms with Crippen molar-refractivity contribution >= 4 is 17.5 Å². The molecule has 2 saturated heterocycles. The molecule has 1 aromatic heterocycles. The first-order valence-electron chi connectivity index (χ1n) is 13.2. The zero-order valence-electron chi connectivity index (χ0n) is 22.8. The quantitative estimate of drug-likeness (QED) is 0.550. The highest BCUT2D eigenvalue weighted by molar-refractivity contribution is 5.99. The van der Waals surface area contributed by atoms with Crippen molar-refractivity contribution in [3.63, 3.8) is 0 Å². The number of amides is 2. The standard InChI is InChI=1S/C28H36F3N5O3/c1-17(20-6-5-7-21(25(20)29)26(30)31)32-27(39)22-15-36(28(3)10-13-35(16-28)18(2)37)24(38)14-23(22)33-19-8-11-34(4)12-9-19/h5-7,14-15,17,19,26,33H,8-13,16H2,1-4H3,(H,32,39)/t17-,28+/m1/s1. The predicted molar refractivity (Wildman–Crippen MR) is 143 cm³/mol. The Morgan fingerprint density at radius 2 is 1.79 bits per heavy atom. The number of halogens is 3. The summed E-state index contributed by atoms with van der Waals surface area (Å²) in [6.45, 7) is 7.43. The minimum Gasteiger partial charge on any atom is -0.381 e. The lowest BCUT2D eigenvalue weighted by Gasteiger charge is -2.32. The van der Waals surface area contributed by atoms with Crippen LogP contribution in [0.3, 0.4) is 0 Å². The highest BCUT2D eigenvalue weighted by Gasteiger charge is 2.38. The van der Waals surface area contributed by atoms with Crippen molar-refractivity contribution in [1.82, 2.24) is 19.7 Å². The van der Waals surface area contributed by atoms with Gasteiger partial charge in [0.25, 0.3) is 17.9 Å². The van der Waals surface area contributed by atoms with Gasteiger partial charge in [-0.3, -0.25) is 14.4 Å². The van der Waals surface area contributed by atoms with Crippen LogP contribution in [0, 0.1) is 5.82 Å². The van der Waals surface area contributed by atoms with Gasteiger partial charge in [-0.05, 0) is 53.2 Å². The maximum absolute atomic E-state index is 14.8. The van der Waals surface area contributed by atoms with Crippen molar-refractivity contribution in [2.75, 3.05) is 38.5 Å². The molecule has 0 saturated carbocycles. The van der Waals surface area contributed by atoms with E-state index >= 15 is 0 Å². The van der Waals surface area contributed by atoms with Gasteiger partial charge in [0.05, 0.1) is 28.4 Å². The summed E-state index contributed by atoms with van der Waals surface area (Å²) in [6.07, 6.45) is 0.708. The Morgan fingerprint density at radius 1 is 1.13 bits per heavy atom. The van der Waals surface area contributed by atoms with E-state index < -0.39 is 35.3 Å². The highest BCUT2D eigenvalue weighted by Crippen LogP contribution is 2.31.